The number of alkyl halides is 3. The molecule has 10 heteroatoms. The van der Waals surface area contributed by atoms with Gasteiger partial charge in [0.2, 0.25) is 5.91 Å². The van der Waals surface area contributed by atoms with Gasteiger partial charge >= 0.3 is 6.18 Å². The average Bonchev–Trinajstić information content (AvgIpc) is 3.21. The van der Waals surface area contributed by atoms with Crippen molar-refractivity contribution >= 4 is 34.8 Å². The quantitative estimate of drug-likeness (QED) is 0.737. The topological polar surface area (TPSA) is 71.5 Å². The maximum atomic E-state index is 13.1. The number of nitrogens with zero attached hydrogens (tertiary/aromatic N) is 1. The molecule has 0 spiro atoms. The van der Waals surface area contributed by atoms with E-state index in [9.17, 15) is 23.1 Å². The van der Waals surface area contributed by atoms with Crippen LogP contribution >= 0.6 is 23.2 Å². The summed E-state index contributed by atoms with van der Waals surface area (Å²) in [6.07, 6.45) is -6.71. The lowest BCUT2D eigenvalue weighted by Gasteiger charge is -2.29. The van der Waals surface area contributed by atoms with E-state index in [0.717, 1.165) is 6.07 Å². The first-order valence-electron chi connectivity index (χ1n) is 8.79. The van der Waals surface area contributed by atoms with Crippen molar-refractivity contribution in [2.24, 2.45) is 5.92 Å². The predicted molar refractivity (Wildman–Crippen MR) is 99.8 cm³/mol. The Morgan fingerprint density at radius 3 is 2.66 bits per heavy atom. The van der Waals surface area contributed by atoms with Crippen LogP contribution in [-0.2, 0) is 15.7 Å². The second-order valence-corrected chi connectivity index (χ2v) is 7.87. The van der Waals surface area contributed by atoms with Crippen LogP contribution in [0, 0.1) is 5.92 Å². The van der Waals surface area contributed by atoms with E-state index in [2.05, 4.69) is 10.3 Å². The van der Waals surface area contributed by atoms with E-state index < -0.39 is 47.9 Å². The first kappa shape index (κ1) is 20.4. The Hall–Kier alpha value is -1.87. The number of ether oxygens (including phenoxy) is 1. The van der Waals surface area contributed by atoms with Gasteiger partial charge in [-0.1, -0.05) is 29.3 Å². The Balaban J connectivity index is 1.65. The minimum absolute atomic E-state index is 0.0559. The standard InChI is InChI=1S/C19H15Cl2F3N2O3/c20-9-5-4-8(6-10(9)21)25-18(28)16-13-7-12(27)17(29-13)15(16)11-2-1-3-14(26-11)19(22,23)24/h1-6,12-13,15-17,27H,7H2,(H,25,28)/t12-,13+,15+,16-,17-/m0/s1. The third kappa shape index (κ3) is 3.82. The molecular formula is C19H15Cl2F3N2O3. The summed E-state index contributed by atoms with van der Waals surface area (Å²) in [6, 6.07) is 8.06. The van der Waals surface area contributed by atoms with Crippen LogP contribution in [0.25, 0.3) is 0 Å². The lowest BCUT2D eigenvalue weighted by atomic mass is 9.75. The van der Waals surface area contributed by atoms with Crippen LogP contribution in [0.1, 0.15) is 23.7 Å². The molecule has 1 aromatic carbocycles. The molecule has 2 bridgehead atoms. The molecular weight excluding hydrogens is 432 g/mol. The maximum Gasteiger partial charge on any atom is 0.433 e. The van der Waals surface area contributed by atoms with Gasteiger partial charge in [-0.3, -0.25) is 4.79 Å². The van der Waals surface area contributed by atoms with Crippen LogP contribution in [-0.4, -0.2) is 34.3 Å². The highest BCUT2D eigenvalue weighted by Gasteiger charge is 2.57. The monoisotopic (exact) mass is 446 g/mol. The number of anilines is 1. The fourth-order valence-corrected chi connectivity index (χ4v) is 4.29. The van der Waals surface area contributed by atoms with Gasteiger partial charge in [-0.05, 0) is 30.3 Å². The van der Waals surface area contributed by atoms with E-state index in [1.165, 1.54) is 24.3 Å². The Kier molecular flexibility index (Phi) is 5.23. The molecule has 154 valence electrons. The Morgan fingerprint density at radius 2 is 1.97 bits per heavy atom. The van der Waals surface area contributed by atoms with Gasteiger partial charge in [-0.15, -0.1) is 0 Å². The molecule has 2 aliphatic heterocycles. The number of carbonyl (C=O) groups excluding carboxylic acids is 1. The van der Waals surface area contributed by atoms with E-state index in [0.29, 0.717) is 10.7 Å². The number of aliphatic hydroxyl groups is 1. The summed E-state index contributed by atoms with van der Waals surface area (Å²) < 4.78 is 45.0. The Bertz CT molecular complexity index is 957. The first-order valence-corrected chi connectivity index (χ1v) is 9.54. The van der Waals surface area contributed by atoms with Crippen molar-refractivity contribution < 1.29 is 27.8 Å². The van der Waals surface area contributed by atoms with Gasteiger partial charge in [0.25, 0.3) is 0 Å². The number of rotatable bonds is 3. The van der Waals surface area contributed by atoms with Crippen LogP contribution in [0.4, 0.5) is 18.9 Å². The second-order valence-electron chi connectivity index (χ2n) is 7.06. The second kappa shape index (κ2) is 7.43. The van der Waals surface area contributed by atoms with Crippen molar-refractivity contribution in [1.29, 1.82) is 0 Å². The summed E-state index contributed by atoms with van der Waals surface area (Å²) in [5.41, 5.74) is -0.611. The molecule has 0 saturated carbocycles. The zero-order valence-corrected chi connectivity index (χ0v) is 16.2. The number of amides is 1. The Morgan fingerprint density at radius 1 is 1.21 bits per heavy atom. The van der Waals surface area contributed by atoms with Crippen molar-refractivity contribution in [2.45, 2.75) is 36.8 Å². The predicted octanol–water partition coefficient (Wildman–Crippen LogP) is 4.28. The molecule has 5 atom stereocenters. The highest BCUT2D eigenvalue weighted by Crippen LogP contribution is 2.49. The smallest absolute Gasteiger partial charge is 0.390 e. The number of nitrogens with one attached hydrogen (secondary N) is 1. The fourth-order valence-electron chi connectivity index (χ4n) is 3.99. The number of pyridine rings is 1. The van der Waals surface area contributed by atoms with Crippen molar-refractivity contribution in [2.75, 3.05) is 5.32 Å². The number of benzene rings is 1. The first-order chi connectivity index (χ1) is 13.6. The molecule has 3 heterocycles. The zero-order valence-electron chi connectivity index (χ0n) is 14.7. The van der Waals surface area contributed by atoms with E-state index in [1.54, 1.807) is 6.07 Å². The number of hydrogen-bond donors (Lipinski definition) is 2. The van der Waals surface area contributed by atoms with Crippen LogP contribution < -0.4 is 5.32 Å². The van der Waals surface area contributed by atoms with Crippen LogP contribution in [0.3, 0.4) is 0 Å². The third-order valence-corrected chi connectivity index (χ3v) is 5.96. The van der Waals surface area contributed by atoms with Gasteiger partial charge in [-0.25, -0.2) is 4.98 Å². The molecule has 2 N–H and O–H groups in total. The van der Waals surface area contributed by atoms with Gasteiger partial charge in [0, 0.05) is 23.7 Å². The fraction of sp³-hybridized carbons (Fsp3) is 0.368. The SMILES string of the molecule is O=C(Nc1ccc(Cl)c(Cl)c1)[C@@H]1[C@@H](c2cccc(C(F)(F)F)n2)[C@H]2O[C@@H]1C[C@@H]2O. The highest BCUT2D eigenvalue weighted by molar-refractivity contribution is 6.42. The van der Waals surface area contributed by atoms with E-state index >= 15 is 0 Å². The van der Waals surface area contributed by atoms with Gasteiger partial charge in [0.05, 0.1) is 34.3 Å². The molecule has 29 heavy (non-hydrogen) atoms. The van der Waals surface area contributed by atoms with Crippen molar-refractivity contribution in [1.82, 2.24) is 4.98 Å². The average molecular weight is 447 g/mol. The number of halogens is 5. The molecule has 0 unspecified atom stereocenters. The van der Waals surface area contributed by atoms with Crippen molar-refractivity contribution in [3.8, 4) is 0 Å². The molecule has 0 radical (unpaired) electrons. The summed E-state index contributed by atoms with van der Waals surface area (Å²) in [7, 11) is 0. The van der Waals surface area contributed by atoms with Crippen molar-refractivity contribution in [3.63, 3.8) is 0 Å². The van der Waals surface area contributed by atoms with Crippen LogP contribution in [0.2, 0.25) is 10.0 Å². The van der Waals surface area contributed by atoms with Gasteiger partial charge in [0.1, 0.15) is 5.69 Å². The molecule has 4 rings (SSSR count). The molecule has 0 aliphatic carbocycles. The minimum Gasteiger partial charge on any atom is -0.390 e. The summed E-state index contributed by atoms with van der Waals surface area (Å²) >= 11 is 11.8. The number of carbonyl (C=O) groups is 1. The Labute approximate surface area is 173 Å². The number of aromatic nitrogens is 1. The molecule has 1 amide bonds. The summed E-state index contributed by atoms with van der Waals surface area (Å²) in [5.74, 6) is -2.07. The van der Waals surface area contributed by atoms with Crippen LogP contribution in [0.15, 0.2) is 36.4 Å². The highest BCUT2D eigenvalue weighted by atomic mass is 35.5. The molecule has 2 aromatic rings. The van der Waals surface area contributed by atoms with Crippen molar-refractivity contribution in [3.05, 3.63) is 57.8 Å². The number of aliphatic hydroxyl groups excluding tert-OH is 1. The molecule has 2 fully saturated rings. The van der Waals surface area contributed by atoms with E-state index in [4.69, 9.17) is 27.9 Å². The summed E-state index contributed by atoms with van der Waals surface area (Å²) in [6.45, 7) is 0. The molecule has 2 aliphatic rings. The molecule has 5 nitrogen and oxygen atoms in total. The lowest BCUT2D eigenvalue weighted by Crippen LogP contribution is -2.41. The van der Waals surface area contributed by atoms with E-state index in [-0.39, 0.29) is 17.1 Å². The van der Waals surface area contributed by atoms with Gasteiger partial charge in [0.15, 0.2) is 0 Å². The van der Waals surface area contributed by atoms with E-state index in [1.807, 2.05) is 0 Å². The third-order valence-electron chi connectivity index (χ3n) is 5.22. The summed E-state index contributed by atoms with van der Waals surface area (Å²) in [5, 5.41) is 13.5. The largest absolute Gasteiger partial charge is 0.433 e. The maximum absolute atomic E-state index is 13.1. The molecule has 1 aromatic heterocycles. The minimum atomic E-state index is -4.62. The number of hydrogen-bond acceptors (Lipinski definition) is 4. The van der Waals surface area contributed by atoms with Crippen LogP contribution in [0.5, 0.6) is 0 Å². The van der Waals surface area contributed by atoms with Gasteiger partial charge < -0.3 is 15.2 Å². The number of fused-ring (bicyclic) bond motifs is 2. The lowest BCUT2D eigenvalue weighted by molar-refractivity contribution is -0.141. The van der Waals surface area contributed by atoms with Gasteiger partial charge in [-0.2, -0.15) is 13.2 Å². The zero-order chi connectivity index (χ0) is 20.9. The normalized spacial score (nSPS) is 28.6. The molecule has 2 saturated heterocycles. The summed E-state index contributed by atoms with van der Waals surface area (Å²) in [4.78, 5) is 16.7.